The molecule has 1 aromatic heterocycles. The Morgan fingerprint density at radius 2 is 1.83 bits per heavy atom. The molecule has 2 amide bonds. The van der Waals surface area contributed by atoms with Gasteiger partial charge < -0.3 is 24.5 Å². The van der Waals surface area contributed by atoms with E-state index in [1.807, 2.05) is 80.7 Å². The molecule has 9 nitrogen and oxygen atoms in total. The van der Waals surface area contributed by atoms with Crippen LogP contribution in [0.4, 0.5) is 4.79 Å². The Balaban J connectivity index is 1.45. The van der Waals surface area contributed by atoms with E-state index in [0.29, 0.717) is 28.1 Å². The van der Waals surface area contributed by atoms with Gasteiger partial charge in [0.25, 0.3) is 5.91 Å². The van der Waals surface area contributed by atoms with E-state index in [4.69, 9.17) is 14.2 Å². The van der Waals surface area contributed by atoms with Gasteiger partial charge >= 0.3 is 6.09 Å². The number of nitrogens with one attached hydrogen (secondary N) is 3. The van der Waals surface area contributed by atoms with Crippen molar-refractivity contribution in [1.82, 2.24) is 15.7 Å². The molecule has 0 aliphatic heterocycles. The minimum atomic E-state index is -0.916. The molecule has 1 atom stereocenters. The van der Waals surface area contributed by atoms with Crippen molar-refractivity contribution in [2.75, 3.05) is 13.7 Å². The normalized spacial score (nSPS) is 11.9. The van der Waals surface area contributed by atoms with Crippen LogP contribution in [0.1, 0.15) is 30.5 Å². The van der Waals surface area contributed by atoms with Gasteiger partial charge in [-0.3, -0.25) is 4.79 Å². The molecule has 3 aromatic carbocycles. The highest BCUT2D eigenvalue weighted by molar-refractivity contribution is 9.10. The van der Waals surface area contributed by atoms with Gasteiger partial charge in [-0.05, 0) is 56.7 Å². The van der Waals surface area contributed by atoms with Crippen LogP contribution in [-0.2, 0) is 22.6 Å². The number of nitrogens with zero attached hydrogens (tertiary/aromatic N) is 1. The lowest BCUT2D eigenvalue weighted by atomic mass is 10.0. The summed E-state index contributed by atoms with van der Waals surface area (Å²) >= 11 is 3.54. The number of hydrogen-bond acceptors (Lipinski definition) is 6. The van der Waals surface area contributed by atoms with Gasteiger partial charge in [0.1, 0.15) is 12.6 Å². The van der Waals surface area contributed by atoms with Crippen LogP contribution in [0.5, 0.6) is 11.5 Å². The molecular weight excluding hydrogens is 588 g/mol. The highest BCUT2D eigenvalue weighted by Gasteiger charge is 2.23. The molecular formula is C31H33BrN4O5. The molecule has 0 unspecified atom stereocenters. The molecule has 10 heteroatoms. The van der Waals surface area contributed by atoms with Crippen LogP contribution in [0.15, 0.2) is 82.5 Å². The Bertz CT molecular complexity index is 1500. The number of aromatic nitrogens is 1. The fraction of sp³-hybridized carbons (Fsp3) is 0.258. The molecule has 0 fully saturated rings. The number of para-hydroxylation sites is 1. The van der Waals surface area contributed by atoms with E-state index in [1.54, 1.807) is 13.2 Å². The van der Waals surface area contributed by atoms with E-state index in [0.717, 1.165) is 22.0 Å². The van der Waals surface area contributed by atoms with Crippen molar-refractivity contribution in [3.8, 4) is 11.5 Å². The molecule has 0 bridgehead atoms. The van der Waals surface area contributed by atoms with E-state index in [1.165, 1.54) is 6.21 Å². The smallest absolute Gasteiger partial charge is 0.407 e. The number of carbonyl (C=O) groups excluding carboxylic acids is 2. The second-order valence-electron chi connectivity index (χ2n) is 9.80. The lowest BCUT2D eigenvalue weighted by Crippen LogP contribution is -2.47. The zero-order valence-corrected chi connectivity index (χ0v) is 24.7. The average Bonchev–Trinajstić information content (AvgIpc) is 3.38. The molecule has 4 aromatic rings. The maximum atomic E-state index is 13.2. The monoisotopic (exact) mass is 620 g/mol. The summed E-state index contributed by atoms with van der Waals surface area (Å²) in [5.41, 5.74) is 6.06. The molecule has 0 radical (unpaired) electrons. The molecule has 3 N–H and O–H groups in total. The number of ether oxygens (including phenoxy) is 3. The van der Waals surface area contributed by atoms with Gasteiger partial charge in [0, 0.05) is 23.5 Å². The van der Waals surface area contributed by atoms with Crippen molar-refractivity contribution in [3.05, 3.63) is 94.1 Å². The Morgan fingerprint density at radius 1 is 1.07 bits per heavy atom. The summed E-state index contributed by atoms with van der Waals surface area (Å²) in [6, 6.07) is 20.2. The van der Waals surface area contributed by atoms with Gasteiger partial charge in [-0.1, -0.05) is 62.4 Å². The number of halogens is 1. The number of amides is 2. The first-order chi connectivity index (χ1) is 19.8. The van der Waals surface area contributed by atoms with E-state index in [-0.39, 0.29) is 18.9 Å². The fourth-order valence-corrected chi connectivity index (χ4v) is 4.66. The van der Waals surface area contributed by atoms with E-state index in [2.05, 4.69) is 36.8 Å². The standard InChI is InChI=1S/C31H33BrN4O5/c1-20(2)18-41-31(38)35-27(15-23-17-33-26-12-8-7-11-24(23)26)30(37)36-34-16-22-13-25(32)29(28(14-22)39-3)40-19-21-9-5-4-6-10-21/h4-14,16-17,20,27,33H,15,18-19H2,1-3H3,(H,35,38)(H,36,37)/b34-16-/t27-/m0/s1. The summed E-state index contributed by atoms with van der Waals surface area (Å²) in [5.74, 6) is 0.745. The molecule has 0 saturated heterocycles. The lowest BCUT2D eigenvalue weighted by molar-refractivity contribution is -0.123. The van der Waals surface area contributed by atoms with Crippen LogP contribution in [-0.4, -0.2) is 43.0 Å². The number of hydrazone groups is 1. The Labute approximate surface area is 247 Å². The third kappa shape index (κ3) is 8.34. The number of aromatic amines is 1. The van der Waals surface area contributed by atoms with E-state index >= 15 is 0 Å². The van der Waals surface area contributed by atoms with E-state index < -0.39 is 18.0 Å². The Kier molecular flexibility index (Phi) is 10.4. The van der Waals surface area contributed by atoms with Crippen molar-refractivity contribution in [1.29, 1.82) is 0 Å². The van der Waals surface area contributed by atoms with Crippen molar-refractivity contribution < 1.29 is 23.8 Å². The summed E-state index contributed by atoms with van der Waals surface area (Å²) in [6.45, 7) is 4.50. The number of H-pyrrole nitrogens is 1. The average molecular weight is 622 g/mol. The fourth-order valence-electron chi connectivity index (χ4n) is 4.09. The summed E-state index contributed by atoms with van der Waals surface area (Å²) in [7, 11) is 1.55. The van der Waals surface area contributed by atoms with Crippen molar-refractivity contribution in [2.45, 2.75) is 32.9 Å². The van der Waals surface area contributed by atoms with Crippen molar-refractivity contribution >= 4 is 45.0 Å². The number of hydrogen-bond donors (Lipinski definition) is 3. The highest BCUT2D eigenvalue weighted by atomic mass is 79.9. The molecule has 0 aliphatic carbocycles. The number of benzene rings is 3. The topological polar surface area (TPSA) is 114 Å². The summed E-state index contributed by atoms with van der Waals surface area (Å²) < 4.78 is 17.4. The van der Waals surface area contributed by atoms with Crippen LogP contribution in [0.25, 0.3) is 10.9 Å². The second-order valence-corrected chi connectivity index (χ2v) is 10.6. The molecule has 41 heavy (non-hydrogen) atoms. The largest absolute Gasteiger partial charge is 0.493 e. The molecule has 4 rings (SSSR count). The number of carbonyl (C=O) groups is 2. The first-order valence-electron chi connectivity index (χ1n) is 13.2. The first kappa shape index (κ1) is 29.7. The molecule has 214 valence electrons. The zero-order valence-electron chi connectivity index (χ0n) is 23.1. The van der Waals surface area contributed by atoms with Crippen LogP contribution in [0.3, 0.4) is 0 Å². The van der Waals surface area contributed by atoms with Crippen LogP contribution in [0.2, 0.25) is 0 Å². The van der Waals surface area contributed by atoms with Gasteiger partial charge in [0.05, 0.1) is 24.4 Å². The number of rotatable bonds is 12. The first-order valence-corrected chi connectivity index (χ1v) is 14.0. The number of alkyl carbamates (subject to hydrolysis) is 1. The SMILES string of the molecule is COc1cc(/C=N\NC(=O)[C@H](Cc2c[nH]c3ccccc23)NC(=O)OCC(C)C)cc(Br)c1OCc1ccccc1. The second kappa shape index (κ2) is 14.4. The Morgan fingerprint density at radius 3 is 2.59 bits per heavy atom. The third-order valence-corrected chi connectivity index (χ3v) is 6.71. The van der Waals surface area contributed by atoms with Crippen LogP contribution >= 0.6 is 15.9 Å². The number of fused-ring (bicyclic) bond motifs is 1. The van der Waals surface area contributed by atoms with Gasteiger partial charge in [0.2, 0.25) is 0 Å². The number of methoxy groups -OCH3 is 1. The Hall–Kier alpha value is -4.31. The minimum Gasteiger partial charge on any atom is -0.493 e. The summed E-state index contributed by atoms with van der Waals surface area (Å²) in [5, 5.41) is 7.78. The molecule has 0 saturated carbocycles. The third-order valence-electron chi connectivity index (χ3n) is 6.12. The van der Waals surface area contributed by atoms with E-state index in [9.17, 15) is 9.59 Å². The molecule has 0 aliphatic rings. The predicted molar refractivity (Wildman–Crippen MR) is 162 cm³/mol. The minimum absolute atomic E-state index is 0.165. The lowest BCUT2D eigenvalue weighted by Gasteiger charge is -2.17. The van der Waals surface area contributed by atoms with Gasteiger partial charge in [-0.25, -0.2) is 10.2 Å². The van der Waals surface area contributed by atoms with Crippen LogP contribution < -0.4 is 20.2 Å². The highest BCUT2D eigenvalue weighted by Crippen LogP contribution is 2.36. The molecule has 0 spiro atoms. The van der Waals surface area contributed by atoms with Crippen molar-refractivity contribution in [3.63, 3.8) is 0 Å². The van der Waals surface area contributed by atoms with Gasteiger partial charge in [-0.15, -0.1) is 0 Å². The van der Waals surface area contributed by atoms with Gasteiger partial charge in [0.15, 0.2) is 11.5 Å². The zero-order chi connectivity index (χ0) is 29.2. The van der Waals surface area contributed by atoms with Gasteiger partial charge in [-0.2, -0.15) is 5.10 Å². The maximum absolute atomic E-state index is 13.2. The van der Waals surface area contributed by atoms with Crippen LogP contribution in [0, 0.1) is 5.92 Å². The maximum Gasteiger partial charge on any atom is 0.407 e. The summed E-state index contributed by atoms with van der Waals surface area (Å²) in [4.78, 5) is 28.8. The molecule has 1 heterocycles. The predicted octanol–water partition coefficient (Wildman–Crippen LogP) is 5.96. The summed E-state index contributed by atoms with van der Waals surface area (Å²) in [6.07, 6.45) is 2.91. The quantitative estimate of drug-likeness (QED) is 0.133. The van der Waals surface area contributed by atoms with Crippen molar-refractivity contribution in [2.24, 2.45) is 11.0 Å².